The van der Waals surface area contributed by atoms with E-state index in [-0.39, 0.29) is 5.91 Å². The van der Waals surface area contributed by atoms with Gasteiger partial charge in [0.05, 0.1) is 5.69 Å². The lowest BCUT2D eigenvalue weighted by Gasteiger charge is -2.07. The van der Waals surface area contributed by atoms with E-state index in [1.807, 2.05) is 60.0 Å². The molecular weight excluding hydrogens is 306 g/mol. The van der Waals surface area contributed by atoms with Crippen LogP contribution in [0.5, 0.6) is 0 Å². The van der Waals surface area contributed by atoms with Crippen molar-refractivity contribution in [2.24, 2.45) is 0 Å². The van der Waals surface area contributed by atoms with Crippen LogP contribution in [-0.4, -0.2) is 17.4 Å². The van der Waals surface area contributed by atoms with Crippen LogP contribution in [0.15, 0.2) is 60.0 Å². The van der Waals surface area contributed by atoms with Crippen LogP contribution in [0.1, 0.15) is 16.1 Å². The summed E-state index contributed by atoms with van der Waals surface area (Å²) in [6.45, 7) is 0.539. The highest BCUT2D eigenvalue weighted by Crippen LogP contribution is 2.20. The first-order valence-corrected chi connectivity index (χ1v) is 8.24. The third-order valence-electron chi connectivity index (χ3n) is 3.47. The molecule has 1 amide bonds. The van der Waals surface area contributed by atoms with Crippen molar-refractivity contribution < 1.29 is 4.79 Å². The average molecular weight is 323 g/mol. The summed E-state index contributed by atoms with van der Waals surface area (Å²) in [5.74, 6) is -0.0778. The van der Waals surface area contributed by atoms with E-state index in [2.05, 4.69) is 10.3 Å². The van der Waals surface area contributed by atoms with E-state index in [1.165, 1.54) is 11.3 Å². The van der Waals surface area contributed by atoms with Crippen molar-refractivity contribution in [3.63, 3.8) is 0 Å². The van der Waals surface area contributed by atoms with Crippen LogP contribution in [-0.2, 0) is 6.42 Å². The van der Waals surface area contributed by atoms with Crippen LogP contribution in [0, 0.1) is 0 Å². The second kappa shape index (κ2) is 7.07. The Labute approximate surface area is 139 Å². The number of amides is 1. The topological polar surface area (TPSA) is 68.0 Å². The maximum absolute atomic E-state index is 12.3. The second-order valence-corrected chi connectivity index (χ2v) is 6.02. The van der Waals surface area contributed by atoms with Gasteiger partial charge in [0.1, 0.15) is 0 Å². The van der Waals surface area contributed by atoms with Crippen LogP contribution in [0.3, 0.4) is 0 Å². The van der Waals surface area contributed by atoms with Crippen molar-refractivity contribution in [1.29, 1.82) is 0 Å². The van der Waals surface area contributed by atoms with Gasteiger partial charge in [-0.15, -0.1) is 11.3 Å². The summed E-state index contributed by atoms with van der Waals surface area (Å²) >= 11 is 1.41. The standard InChI is InChI=1S/C18H17N3OS/c19-18-21-16(12-23-18)9-10-20-17(22)15-8-4-7-14(11-15)13-5-2-1-3-6-13/h1-8,11-12H,9-10H2,(H2,19,21)(H,20,22). The Morgan fingerprint density at radius 2 is 1.87 bits per heavy atom. The highest BCUT2D eigenvalue weighted by molar-refractivity contribution is 7.13. The van der Waals surface area contributed by atoms with Crippen LogP contribution in [0.2, 0.25) is 0 Å². The van der Waals surface area contributed by atoms with Crippen molar-refractivity contribution in [2.45, 2.75) is 6.42 Å². The van der Waals surface area contributed by atoms with Crippen molar-refractivity contribution in [3.05, 3.63) is 71.2 Å². The first-order chi connectivity index (χ1) is 11.2. The summed E-state index contributed by atoms with van der Waals surface area (Å²) in [7, 11) is 0. The molecule has 0 saturated carbocycles. The maximum atomic E-state index is 12.3. The van der Waals surface area contributed by atoms with E-state index >= 15 is 0 Å². The lowest BCUT2D eigenvalue weighted by molar-refractivity contribution is 0.0954. The number of nitrogens with one attached hydrogen (secondary N) is 1. The van der Waals surface area contributed by atoms with E-state index in [4.69, 9.17) is 5.73 Å². The number of aromatic nitrogens is 1. The number of carbonyl (C=O) groups is 1. The predicted molar refractivity (Wildman–Crippen MR) is 94.4 cm³/mol. The van der Waals surface area contributed by atoms with Gasteiger partial charge in [-0.3, -0.25) is 4.79 Å². The fourth-order valence-corrected chi connectivity index (χ4v) is 2.91. The Morgan fingerprint density at radius 3 is 2.61 bits per heavy atom. The van der Waals surface area contributed by atoms with E-state index in [0.717, 1.165) is 16.8 Å². The van der Waals surface area contributed by atoms with Crippen molar-refractivity contribution in [3.8, 4) is 11.1 Å². The maximum Gasteiger partial charge on any atom is 0.251 e. The normalized spacial score (nSPS) is 10.4. The number of anilines is 1. The second-order valence-electron chi connectivity index (χ2n) is 5.13. The molecule has 0 fully saturated rings. The molecule has 5 heteroatoms. The predicted octanol–water partition coefficient (Wildman–Crippen LogP) is 3.36. The van der Waals surface area contributed by atoms with Crippen LogP contribution in [0.4, 0.5) is 5.13 Å². The van der Waals surface area contributed by atoms with Crippen LogP contribution < -0.4 is 11.1 Å². The van der Waals surface area contributed by atoms with Gasteiger partial charge in [-0.25, -0.2) is 4.98 Å². The molecule has 4 nitrogen and oxygen atoms in total. The highest BCUT2D eigenvalue weighted by Gasteiger charge is 2.07. The van der Waals surface area contributed by atoms with Crippen molar-refractivity contribution in [1.82, 2.24) is 10.3 Å². The molecule has 0 bridgehead atoms. The van der Waals surface area contributed by atoms with Gasteiger partial charge < -0.3 is 11.1 Å². The Balaban J connectivity index is 1.63. The van der Waals surface area contributed by atoms with Gasteiger partial charge in [0.15, 0.2) is 5.13 Å². The number of nitrogens with two attached hydrogens (primary N) is 1. The number of benzene rings is 2. The Hall–Kier alpha value is -2.66. The first-order valence-electron chi connectivity index (χ1n) is 7.36. The SMILES string of the molecule is Nc1nc(CCNC(=O)c2cccc(-c3ccccc3)c2)cs1. The fraction of sp³-hybridized carbons (Fsp3) is 0.111. The molecule has 0 radical (unpaired) electrons. The molecule has 0 spiro atoms. The van der Waals surface area contributed by atoms with E-state index in [1.54, 1.807) is 0 Å². The summed E-state index contributed by atoms with van der Waals surface area (Å²) in [6, 6.07) is 17.7. The van der Waals surface area contributed by atoms with Crippen molar-refractivity contribution in [2.75, 3.05) is 12.3 Å². The summed E-state index contributed by atoms with van der Waals surface area (Å²) < 4.78 is 0. The van der Waals surface area contributed by atoms with E-state index < -0.39 is 0 Å². The van der Waals surface area contributed by atoms with Gasteiger partial charge >= 0.3 is 0 Å². The summed E-state index contributed by atoms with van der Waals surface area (Å²) in [4.78, 5) is 16.4. The zero-order chi connectivity index (χ0) is 16.1. The largest absolute Gasteiger partial charge is 0.375 e. The summed E-state index contributed by atoms with van der Waals surface area (Å²) in [5, 5.41) is 5.39. The van der Waals surface area contributed by atoms with Gasteiger partial charge in [-0.05, 0) is 23.3 Å². The molecule has 0 aliphatic heterocycles. The minimum atomic E-state index is -0.0778. The molecule has 1 heterocycles. The Morgan fingerprint density at radius 1 is 1.09 bits per heavy atom. The average Bonchev–Trinajstić information content (AvgIpc) is 3.01. The smallest absolute Gasteiger partial charge is 0.251 e. The first kappa shape index (κ1) is 15.2. The van der Waals surface area contributed by atoms with Gasteiger partial charge in [-0.2, -0.15) is 0 Å². The third-order valence-corrected chi connectivity index (χ3v) is 4.19. The molecule has 3 aromatic rings. The van der Waals surface area contributed by atoms with Gasteiger partial charge in [-0.1, -0.05) is 42.5 Å². The van der Waals surface area contributed by atoms with Crippen molar-refractivity contribution >= 4 is 22.4 Å². The molecule has 23 heavy (non-hydrogen) atoms. The molecule has 0 aliphatic rings. The third kappa shape index (κ3) is 3.96. The van der Waals surface area contributed by atoms with Crippen LogP contribution >= 0.6 is 11.3 Å². The highest BCUT2D eigenvalue weighted by atomic mass is 32.1. The van der Waals surface area contributed by atoms with Gasteiger partial charge in [0.2, 0.25) is 0 Å². The number of hydrogen-bond acceptors (Lipinski definition) is 4. The Bertz CT molecular complexity index is 799. The molecule has 2 aromatic carbocycles. The number of carbonyl (C=O) groups excluding carboxylic acids is 1. The number of hydrogen-bond donors (Lipinski definition) is 2. The molecule has 1 aromatic heterocycles. The van der Waals surface area contributed by atoms with E-state index in [0.29, 0.717) is 23.7 Å². The Kier molecular flexibility index (Phi) is 4.68. The van der Waals surface area contributed by atoms with Crippen LogP contribution in [0.25, 0.3) is 11.1 Å². The lowest BCUT2D eigenvalue weighted by atomic mass is 10.0. The quantitative estimate of drug-likeness (QED) is 0.756. The lowest BCUT2D eigenvalue weighted by Crippen LogP contribution is -2.25. The summed E-state index contributed by atoms with van der Waals surface area (Å²) in [5.41, 5.74) is 9.29. The molecule has 0 aliphatic carbocycles. The molecule has 3 rings (SSSR count). The fourth-order valence-electron chi connectivity index (χ4n) is 2.31. The zero-order valence-electron chi connectivity index (χ0n) is 12.5. The zero-order valence-corrected chi connectivity index (χ0v) is 13.3. The minimum absolute atomic E-state index is 0.0778. The molecule has 0 unspecified atom stereocenters. The number of nitrogen functional groups attached to an aromatic ring is 1. The molecule has 0 saturated heterocycles. The summed E-state index contributed by atoms with van der Waals surface area (Å²) in [6.07, 6.45) is 0.678. The number of nitrogens with zero attached hydrogens (tertiary/aromatic N) is 1. The molecular formula is C18H17N3OS. The molecule has 3 N–H and O–H groups in total. The van der Waals surface area contributed by atoms with E-state index in [9.17, 15) is 4.79 Å². The van der Waals surface area contributed by atoms with Gasteiger partial charge in [0, 0.05) is 23.9 Å². The molecule has 0 atom stereocenters. The minimum Gasteiger partial charge on any atom is -0.375 e. The number of thiazole rings is 1. The monoisotopic (exact) mass is 323 g/mol. The molecule has 116 valence electrons. The van der Waals surface area contributed by atoms with Gasteiger partial charge in [0.25, 0.3) is 5.91 Å². The number of rotatable bonds is 5.